The molecule has 0 radical (unpaired) electrons. The molecule has 2 aliphatic rings. The Bertz CT molecular complexity index is 238. The lowest BCUT2D eigenvalue weighted by atomic mass is 9.64. The first-order chi connectivity index (χ1) is 8.14. The second-order valence-electron chi connectivity index (χ2n) is 6.09. The van der Waals surface area contributed by atoms with Crippen molar-refractivity contribution in [3.05, 3.63) is 0 Å². The molecule has 0 aromatic heterocycles. The normalized spacial score (nSPS) is 31.2. The molecular weight excluding hydrogens is 212 g/mol. The summed E-state index contributed by atoms with van der Waals surface area (Å²) < 4.78 is 5.74. The average Bonchev–Trinajstić information content (AvgIpc) is 3.10. The molecule has 2 N–H and O–H groups in total. The van der Waals surface area contributed by atoms with Crippen LogP contribution in [0.15, 0.2) is 0 Å². The van der Waals surface area contributed by atoms with Crippen molar-refractivity contribution in [2.75, 3.05) is 19.7 Å². The van der Waals surface area contributed by atoms with Crippen LogP contribution in [0.1, 0.15) is 46.5 Å². The molecule has 0 aliphatic heterocycles. The summed E-state index contributed by atoms with van der Waals surface area (Å²) >= 11 is 0. The lowest BCUT2D eigenvalue weighted by Gasteiger charge is -2.52. The third-order valence-electron chi connectivity index (χ3n) is 4.30. The molecule has 2 aliphatic carbocycles. The van der Waals surface area contributed by atoms with Gasteiger partial charge in [-0.2, -0.15) is 0 Å². The second kappa shape index (κ2) is 5.68. The van der Waals surface area contributed by atoms with Crippen LogP contribution in [-0.2, 0) is 4.74 Å². The second-order valence-corrected chi connectivity index (χ2v) is 6.09. The smallest absolute Gasteiger partial charge is 0.0655 e. The lowest BCUT2D eigenvalue weighted by Crippen LogP contribution is -2.61. The van der Waals surface area contributed by atoms with E-state index in [2.05, 4.69) is 31.4 Å². The summed E-state index contributed by atoms with van der Waals surface area (Å²) in [6, 6.07) is 1.48. The Labute approximate surface area is 106 Å². The predicted molar refractivity (Wildman–Crippen MR) is 71.2 cm³/mol. The van der Waals surface area contributed by atoms with E-state index in [9.17, 15) is 0 Å². The zero-order chi connectivity index (χ0) is 12.3. The minimum atomic E-state index is 0.305. The van der Waals surface area contributed by atoms with Crippen LogP contribution in [0.3, 0.4) is 0 Å². The van der Waals surface area contributed by atoms with Gasteiger partial charge in [0.15, 0.2) is 0 Å². The van der Waals surface area contributed by atoms with E-state index in [0.29, 0.717) is 17.6 Å². The van der Waals surface area contributed by atoms with Crippen LogP contribution < -0.4 is 10.6 Å². The maximum Gasteiger partial charge on any atom is 0.0655 e. The number of nitrogens with one attached hydrogen (secondary N) is 2. The van der Waals surface area contributed by atoms with E-state index >= 15 is 0 Å². The molecule has 3 heteroatoms. The molecule has 2 rings (SSSR count). The summed E-state index contributed by atoms with van der Waals surface area (Å²) in [5.41, 5.74) is 0.305. The van der Waals surface area contributed by atoms with E-state index in [1.54, 1.807) is 0 Å². The summed E-state index contributed by atoms with van der Waals surface area (Å²) in [6.45, 7) is 9.85. The van der Waals surface area contributed by atoms with Crippen molar-refractivity contribution in [3.63, 3.8) is 0 Å². The highest BCUT2D eigenvalue weighted by atomic mass is 16.5. The van der Waals surface area contributed by atoms with Crippen LogP contribution >= 0.6 is 0 Å². The van der Waals surface area contributed by atoms with Gasteiger partial charge in [0.05, 0.1) is 6.10 Å². The third kappa shape index (κ3) is 3.43. The molecule has 2 saturated carbocycles. The van der Waals surface area contributed by atoms with E-state index < -0.39 is 0 Å². The van der Waals surface area contributed by atoms with Crippen molar-refractivity contribution in [2.24, 2.45) is 5.41 Å². The van der Waals surface area contributed by atoms with E-state index in [1.165, 1.54) is 32.2 Å². The van der Waals surface area contributed by atoms with E-state index in [-0.39, 0.29) is 0 Å². The number of hydrogen-bond donors (Lipinski definition) is 2. The zero-order valence-electron chi connectivity index (χ0n) is 11.6. The quantitative estimate of drug-likeness (QED) is 0.636. The Morgan fingerprint density at radius 3 is 2.47 bits per heavy atom. The Hall–Kier alpha value is -0.120. The topological polar surface area (TPSA) is 33.3 Å². The fraction of sp³-hybridized carbons (Fsp3) is 1.00. The number of ether oxygens (including phenoxy) is 1. The fourth-order valence-electron chi connectivity index (χ4n) is 2.67. The Kier molecular flexibility index (Phi) is 4.45. The minimum Gasteiger partial charge on any atom is -0.378 e. The highest BCUT2D eigenvalue weighted by Crippen LogP contribution is 2.42. The first-order valence-corrected chi connectivity index (χ1v) is 7.23. The van der Waals surface area contributed by atoms with Crippen molar-refractivity contribution in [1.82, 2.24) is 10.6 Å². The largest absolute Gasteiger partial charge is 0.378 e. The first kappa shape index (κ1) is 13.3. The van der Waals surface area contributed by atoms with Gasteiger partial charge in [-0.25, -0.2) is 0 Å². The molecule has 2 unspecified atom stereocenters. The van der Waals surface area contributed by atoms with Gasteiger partial charge in [-0.05, 0) is 45.7 Å². The van der Waals surface area contributed by atoms with Gasteiger partial charge in [0.25, 0.3) is 0 Å². The molecule has 0 aromatic carbocycles. The summed E-state index contributed by atoms with van der Waals surface area (Å²) in [6.07, 6.45) is 5.65. The van der Waals surface area contributed by atoms with Gasteiger partial charge >= 0.3 is 0 Å². The van der Waals surface area contributed by atoms with Crippen molar-refractivity contribution >= 4 is 0 Å². The molecule has 100 valence electrons. The van der Waals surface area contributed by atoms with Crippen molar-refractivity contribution < 1.29 is 4.74 Å². The molecule has 2 fully saturated rings. The van der Waals surface area contributed by atoms with Gasteiger partial charge in [-0.1, -0.05) is 13.8 Å². The zero-order valence-corrected chi connectivity index (χ0v) is 11.6. The molecular formula is C14H28N2O. The molecule has 0 heterocycles. The van der Waals surface area contributed by atoms with Gasteiger partial charge in [0, 0.05) is 24.1 Å². The molecule has 0 saturated heterocycles. The Morgan fingerprint density at radius 2 is 1.88 bits per heavy atom. The predicted octanol–water partition coefficient (Wildman–Crippen LogP) is 1.92. The highest BCUT2D eigenvalue weighted by Gasteiger charge is 2.48. The van der Waals surface area contributed by atoms with Gasteiger partial charge in [0.1, 0.15) is 0 Å². The van der Waals surface area contributed by atoms with Gasteiger partial charge in [-0.3, -0.25) is 0 Å². The van der Waals surface area contributed by atoms with Crippen molar-refractivity contribution in [2.45, 2.75) is 64.6 Å². The highest BCUT2D eigenvalue weighted by molar-refractivity contribution is 5.02. The van der Waals surface area contributed by atoms with Crippen LogP contribution in [0.25, 0.3) is 0 Å². The summed E-state index contributed by atoms with van der Waals surface area (Å²) in [4.78, 5) is 0. The van der Waals surface area contributed by atoms with Gasteiger partial charge in [-0.15, -0.1) is 0 Å². The van der Waals surface area contributed by atoms with Gasteiger partial charge < -0.3 is 15.4 Å². The van der Waals surface area contributed by atoms with Crippen molar-refractivity contribution in [3.8, 4) is 0 Å². The molecule has 0 aromatic rings. The fourth-order valence-corrected chi connectivity index (χ4v) is 2.67. The number of rotatable bonds is 8. The minimum absolute atomic E-state index is 0.305. The van der Waals surface area contributed by atoms with Crippen LogP contribution in [0, 0.1) is 5.41 Å². The Balaban J connectivity index is 1.54. The average molecular weight is 240 g/mol. The van der Waals surface area contributed by atoms with Gasteiger partial charge in [0.2, 0.25) is 0 Å². The van der Waals surface area contributed by atoms with Crippen LogP contribution in [0.2, 0.25) is 0 Å². The molecule has 0 amide bonds. The Morgan fingerprint density at radius 1 is 1.18 bits per heavy atom. The first-order valence-electron chi connectivity index (χ1n) is 7.23. The van der Waals surface area contributed by atoms with Crippen LogP contribution in [0.5, 0.6) is 0 Å². The summed E-state index contributed by atoms with van der Waals surface area (Å²) in [5.74, 6) is 0. The van der Waals surface area contributed by atoms with Crippen LogP contribution in [-0.4, -0.2) is 37.9 Å². The van der Waals surface area contributed by atoms with E-state index in [1.807, 2.05) is 0 Å². The van der Waals surface area contributed by atoms with Crippen molar-refractivity contribution in [1.29, 1.82) is 0 Å². The maximum absolute atomic E-state index is 5.74. The summed E-state index contributed by atoms with van der Waals surface area (Å²) in [5, 5.41) is 7.22. The molecule has 3 nitrogen and oxygen atoms in total. The monoisotopic (exact) mass is 240 g/mol. The summed E-state index contributed by atoms with van der Waals surface area (Å²) in [7, 11) is 0. The maximum atomic E-state index is 5.74. The standard InChI is InChI=1S/C14H28N2O/c1-4-17-13-10-12(14(13,2)3)16-9-5-8-15-11-6-7-11/h11-13,15-16H,4-10H2,1-3H3. The number of hydrogen-bond acceptors (Lipinski definition) is 3. The third-order valence-corrected chi connectivity index (χ3v) is 4.30. The van der Waals surface area contributed by atoms with Crippen LogP contribution in [0.4, 0.5) is 0 Å². The lowest BCUT2D eigenvalue weighted by molar-refractivity contribution is -0.113. The van der Waals surface area contributed by atoms with E-state index in [0.717, 1.165) is 19.2 Å². The molecule has 0 bridgehead atoms. The molecule has 17 heavy (non-hydrogen) atoms. The SMILES string of the molecule is CCOC1CC(NCCCNC2CC2)C1(C)C. The molecule has 0 spiro atoms. The van der Waals surface area contributed by atoms with E-state index in [4.69, 9.17) is 4.74 Å². The molecule has 2 atom stereocenters.